The number of carboxylic acid groups (broad SMARTS) is 2. The minimum atomic E-state index is -1.82. The third kappa shape index (κ3) is 10.3. The zero-order valence-electron chi connectivity index (χ0n) is 16.3. The summed E-state index contributed by atoms with van der Waals surface area (Å²) >= 11 is 8.05. The van der Waals surface area contributed by atoms with E-state index in [1.807, 2.05) is 23.9 Å². The Balaban J connectivity index is 0.000000568. The SMILES string of the molecule is Cc1ccc(SCC(Cc2cccc(Cl)c2)CN(C)C)cc1.O=C(O)C(=O)O. The van der Waals surface area contributed by atoms with E-state index in [1.165, 1.54) is 16.0 Å². The minimum absolute atomic E-state index is 0.611. The molecule has 0 aliphatic heterocycles. The van der Waals surface area contributed by atoms with Crippen molar-refractivity contribution in [2.24, 2.45) is 5.92 Å². The molecular formula is C21H26ClNO4S. The lowest BCUT2D eigenvalue weighted by Crippen LogP contribution is -2.25. The molecule has 0 radical (unpaired) electrons. The fourth-order valence-electron chi connectivity index (χ4n) is 2.54. The summed E-state index contributed by atoms with van der Waals surface area (Å²) < 4.78 is 0. The van der Waals surface area contributed by atoms with E-state index in [9.17, 15) is 0 Å². The minimum Gasteiger partial charge on any atom is -0.473 e. The highest BCUT2D eigenvalue weighted by Gasteiger charge is 2.12. The van der Waals surface area contributed by atoms with Gasteiger partial charge in [-0.3, -0.25) is 0 Å². The summed E-state index contributed by atoms with van der Waals surface area (Å²) in [5.74, 6) is -1.92. The molecule has 28 heavy (non-hydrogen) atoms. The molecule has 1 atom stereocenters. The van der Waals surface area contributed by atoms with Crippen molar-refractivity contribution in [2.75, 3.05) is 26.4 Å². The number of hydrogen-bond acceptors (Lipinski definition) is 4. The van der Waals surface area contributed by atoms with Gasteiger partial charge in [0.1, 0.15) is 0 Å². The molecule has 0 spiro atoms. The van der Waals surface area contributed by atoms with Gasteiger partial charge < -0.3 is 15.1 Å². The van der Waals surface area contributed by atoms with E-state index < -0.39 is 11.9 Å². The fourth-order valence-corrected chi connectivity index (χ4v) is 3.73. The molecule has 152 valence electrons. The summed E-state index contributed by atoms with van der Waals surface area (Å²) in [7, 11) is 4.28. The quantitative estimate of drug-likeness (QED) is 0.510. The number of benzene rings is 2. The van der Waals surface area contributed by atoms with E-state index in [1.54, 1.807) is 0 Å². The van der Waals surface area contributed by atoms with Gasteiger partial charge in [0.2, 0.25) is 0 Å². The molecule has 2 aromatic rings. The summed E-state index contributed by atoms with van der Waals surface area (Å²) in [5.41, 5.74) is 2.64. The Morgan fingerprint density at radius 3 is 2.18 bits per heavy atom. The monoisotopic (exact) mass is 423 g/mol. The Hall–Kier alpha value is -2.02. The van der Waals surface area contributed by atoms with Crippen LogP contribution in [0.2, 0.25) is 5.02 Å². The van der Waals surface area contributed by atoms with Gasteiger partial charge in [-0.05, 0) is 63.2 Å². The van der Waals surface area contributed by atoms with Crippen molar-refractivity contribution in [2.45, 2.75) is 18.2 Å². The molecule has 0 saturated heterocycles. The van der Waals surface area contributed by atoms with Crippen LogP contribution in [0.3, 0.4) is 0 Å². The van der Waals surface area contributed by atoms with Crippen LogP contribution >= 0.6 is 23.4 Å². The van der Waals surface area contributed by atoms with Crippen molar-refractivity contribution in [1.29, 1.82) is 0 Å². The number of thioether (sulfide) groups is 1. The van der Waals surface area contributed by atoms with Crippen LogP contribution in [-0.4, -0.2) is 53.4 Å². The van der Waals surface area contributed by atoms with Crippen molar-refractivity contribution in [3.8, 4) is 0 Å². The van der Waals surface area contributed by atoms with Gasteiger partial charge in [0.05, 0.1) is 0 Å². The molecule has 0 heterocycles. The van der Waals surface area contributed by atoms with E-state index in [0.29, 0.717) is 5.92 Å². The summed E-state index contributed by atoms with van der Waals surface area (Å²) in [4.78, 5) is 21.8. The topological polar surface area (TPSA) is 77.8 Å². The van der Waals surface area contributed by atoms with Crippen LogP contribution in [0, 0.1) is 12.8 Å². The second-order valence-corrected chi connectivity index (χ2v) is 8.23. The summed E-state index contributed by atoms with van der Waals surface area (Å²) in [6.45, 7) is 3.22. The van der Waals surface area contributed by atoms with E-state index in [0.717, 1.165) is 23.7 Å². The van der Waals surface area contributed by atoms with E-state index in [4.69, 9.17) is 31.4 Å². The van der Waals surface area contributed by atoms with Crippen molar-refractivity contribution in [3.63, 3.8) is 0 Å². The lowest BCUT2D eigenvalue weighted by molar-refractivity contribution is -0.159. The van der Waals surface area contributed by atoms with Crippen LogP contribution in [0.15, 0.2) is 53.4 Å². The van der Waals surface area contributed by atoms with Gasteiger partial charge in [-0.2, -0.15) is 0 Å². The second-order valence-electron chi connectivity index (χ2n) is 6.70. The van der Waals surface area contributed by atoms with Crippen LogP contribution in [0.1, 0.15) is 11.1 Å². The third-order valence-electron chi connectivity index (χ3n) is 3.73. The van der Waals surface area contributed by atoms with E-state index in [-0.39, 0.29) is 0 Å². The van der Waals surface area contributed by atoms with Crippen LogP contribution in [0.5, 0.6) is 0 Å². The average Bonchev–Trinajstić information content (AvgIpc) is 2.61. The summed E-state index contributed by atoms with van der Waals surface area (Å²) in [5, 5.41) is 15.6. The molecule has 0 aromatic heterocycles. The second kappa shape index (κ2) is 12.4. The maximum absolute atomic E-state index is 9.10. The highest BCUT2D eigenvalue weighted by Crippen LogP contribution is 2.24. The normalized spacial score (nSPS) is 11.5. The molecular weight excluding hydrogens is 398 g/mol. The van der Waals surface area contributed by atoms with Crippen molar-refractivity contribution < 1.29 is 19.8 Å². The first kappa shape index (κ1) is 24.0. The molecule has 2 aromatic carbocycles. The Morgan fingerprint density at radius 1 is 1.07 bits per heavy atom. The lowest BCUT2D eigenvalue weighted by Gasteiger charge is -2.21. The number of halogens is 1. The number of carboxylic acids is 2. The number of aliphatic carboxylic acids is 2. The Kier molecular flexibility index (Phi) is 10.7. The van der Waals surface area contributed by atoms with E-state index >= 15 is 0 Å². The van der Waals surface area contributed by atoms with Gasteiger partial charge >= 0.3 is 11.9 Å². The van der Waals surface area contributed by atoms with Crippen LogP contribution < -0.4 is 0 Å². The first-order valence-electron chi connectivity index (χ1n) is 8.72. The van der Waals surface area contributed by atoms with Crippen LogP contribution in [-0.2, 0) is 16.0 Å². The van der Waals surface area contributed by atoms with E-state index in [2.05, 4.69) is 62.3 Å². The molecule has 0 amide bonds. The van der Waals surface area contributed by atoms with Crippen molar-refractivity contribution >= 4 is 35.3 Å². The number of aryl methyl sites for hydroxylation is 1. The smallest absolute Gasteiger partial charge is 0.414 e. The number of nitrogens with zero attached hydrogens (tertiary/aromatic N) is 1. The molecule has 7 heteroatoms. The summed E-state index contributed by atoms with van der Waals surface area (Å²) in [6, 6.07) is 17.0. The Morgan fingerprint density at radius 2 is 1.68 bits per heavy atom. The number of rotatable bonds is 7. The lowest BCUT2D eigenvalue weighted by atomic mass is 10.0. The molecule has 0 bridgehead atoms. The summed E-state index contributed by atoms with van der Waals surface area (Å²) in [6.07, 6.45) is 1.07. The van der Waals surface area contributed by atoms with Crippen LogP contribution in [0.25, 0.3) is 0 Å². The highest BCUT2D eigenvalue weighted by molar-refractivity contribution is 7.99. The third-order valence-corrected chi connectivity index (χ3v) is 5.21. The number of carbonyl (C=O) groups is 2. The molecule has 1 unspecified atom stereocenters. The standard InChI is InChI=1S/C19H24ClNS.C2H2O4/c1-15-7-9-19(10-8-15)22-14-17(13-21(2)3)11-16-5-4-6-18(20)12-16;3-1(4)2(5)6/h4-10,12,17H,11,13-14H2,1-3H3;(H,3,4)(H,5,6). The predicted octanol–water partition coefficient (Wildman–Crippen LogP) is 4.32. The van der Waals surface area contributed by atoms with Crippen LogP contribution in [0.4, 0.5) is 0 Å². The zero-order chi connectivity index (χ0) is 21.1. The van der Waals surface area contributed by atoms with Crippen molar-refractivity contribution in [3.05, 3.63) is 64.7 Å². The molecule has 0 fully saturated rings. The van der Waals surface area contributed by atoms with Crippen molar-refractivity contribution in [1.82, 2.24) is 4.90 Å². The largest absolute Gasteiger partial charge is 0.473 e. The predicted molar refractivity (Wildman–Crippen MR) is 114 cm³/mol. The molecule has 2 N–H and O–H groups in total. The van der Waals surface area contributed by atoms with Gasteiger partial charge in [-0.25, -0.2) is 9.59 Å². The Labute approximate surface area is 175 Å². The van der Waals surface area contributed by atoms with Gasteiger partial charge in [0, 0.05) is 22.2 Å². The fraction of sp³-hybridized carbons (Fsp3) is 0.333. The molecule has 0 aliphatic carbocycles. The first-order chi connectivity index (χ1) is 13.2. The maximum Gasteiger partial charge on any atom is 0.414 e. The van der Waals surface area contributed by atoms with Gasteiger partial charge in [0.25, 0.3) is 0 Å². The van der Waals surface area contributed by atoms with Gasteiger partial charge in [-0.15, -0.1) is 11.8 Å². The maximum atomic E-state index is 9.10. The van der Waals surface area contributed by atoms with Gasteiger partial charge in [-0.1, -0.05) is 41.4 Å². The molecule has 0 saturated carbocycles. The first-order valence-corrected chi connectivity index (χ1v) is 10.1. The average molecular weight is 424 g/mol. The highest BCUT2D eigenvalue weighted by atomic mass is 35.5. The molecule has 0 aliphatic rings. The van der Waals surface area contributed by atoms with Gasteiger partial charge in [0.15, 0.2) is 0 Å². The zero-order valence-corrected chi connectivity index (χ0v) is 17.8. The molecule has 2 rings (SSSR count). The Bertz CT molecular complexity index is 753. The number of hydrogen-bond donors (Lipinski definition) is 2. The molecule has 5 nitrogen and oxygen atoms in total.